The van der Waals surface area contributed by atoms with Crippen LogP contribution in [0.15, 0.2) is 59.4 Å². The van der Waals surface area contributed by atoms with Gasteiger partial charge in [0.1, 0.15) is 17.2 Å². The monoisotopic (exact) mass is 383 g/mol. The summed E-state index contributed by atoms with van der Waals surface area (Å²) < 4.78 is 14.8. The van der Waals surface area contributed by atoms with Gasteiger partial charge in [-0.3, -0.25) is 19.5 Å². The van der Waals surface area contributed by atoms with Crippen LogP contribution in [0.2, 0.25) is 0 Å². The second kappa shape index (κ2) is 7.91. The van der Waals surface area contributed by atoms with Crippen LogP contribution in [0.5, 0.6) is 0 Å². The molecule has 0 saturated heterocycles. The number of nitrogens with zero attached hydrogens (tertiary/aromatic N) is 1. The summed E-state index contributed by atoms with van der Waals surface area (Å²) in [6, 6.07) is 13.0. The van der Waals surface area contributed by atoms with Gasteiger partial charge in [-0.1, -0.05) is 42.0 Å². The molecule has 28 heavy (non-hydrogen) atoms. The van der Waals surface area contributed by atoms with Crippen LogP contribution in [-0.4, -0.2) is 26.8 Å². The number of carbonyl (C=O) groups is 2. The summed E-state index contributed by atoms with van der Waals surface area (Å²) >= 11 is 0. The number of aromatic nitrogens is 2. The minimum Gasteiger partial charge on any atom is -0.481 e. The molecule has 1 atom stereocenters. The summed E-state index contributed by atoms with van der Waals surface area (Å²) in [6.45, 7) is 1.89. The van der Waals surface area contributed by atoms with Gasteiger partial charge in [0, 0.05) is 6.07 Å². The Kier molecular flexibility index (Phi) is 5.39. The number of nitrogens with one attached hydrogen (secondary N) is 2. The second-order valence-corrected chi connectivity index (χ2v) is 6.33. The highest BCUT2D eigenvalue weighted by Crippen LogP contribution is 2.18. The Morgan fingerprint density at radius 2 is 1.86 bits per heavy atom. The molecule has 3 N–H and O–H groups in total. The third-order valence-corrected chi connectivity index (χ3v) is 4.22. The topological polar surface area (TPSA) is 104 Å². The van der Waals surface area contributed by atoms with Crippen molar-refractivity contribution in [2.45, 2.75) is 19.4 Å². The van der Waals surface area contributed by atoms with Crippen LogP contribution in [0.4, 0.5) is 4.39 Å². The Balaban J connectivity index is 1.87. The lowest BCUT2D eigenvalue weighted by Crippen LogP contribution is -2.30. The van der Waals surface area contributed by atoms with E-state index in [0.717, 1.165) is 16.3 Å². The number of carboxylic acid groups (broad SMARTS) is 1. The van der Waals surface area contributed by atoms with Gasteiger partial charge in [-0.15, -0.1) is 0 Å². The highest BCUT2D eigenvalue weighted by atomic mass is 19.1. The molecule has 0 saturated carbocycles. The van der Waals surface area contributed by atoms with E-state index in [1.165, 1.54) is 18.2 Å². The van der Waals surface area contributed by atoms with Crippen molar-refractivity contribution in [3.63, 3.8) is 0 Å². The van der Waals surface area contributed by atoms with E-state index in [-0.39, 0.29) is 17.8 Å². The fourth-order valence-electron chi connectivity index (χ4n) is 2.79. The Bertz CT molecular complexity index is 1070. The van der Waals surface area contributed by atoms with Gasteiger partial charge in [0.15, 0.2) is 0 Å². The van der Waals surface area contributed by atoms with Crippen LogP contribution in [0.25, 0.3) is 5.69 Å². The lowest BCUT2D eigenvalue weighted by Gasteiger charge is -2.17. The van der Waals surface area contributed by atoms with Gasteiger partial charge in [0.05, 0.1) is 12.5 Å². The van der Waals surface area contributed by atoms with Gasteiger partial charge in [-0.25, -0.2) is 9.07 Å². The molecule has 0 aliphatic heterocycles. The van der Waals surface area contributed by atoms with Crippen molar-refractivity contribution in [2.75, 3.05) is 0 Å². The third-order valence-electron chi connectivity index (χ3n) is 4.22. The number of aliphatic carboxylic acids is 1. The standard InChI is InChI=1S/C20H18FN3O4/c1-12-6-8-13(9-7-12)15(11-19(26)27)22-20(28)16-10-18(25)24(23-16)17-5-3-2-4-14(17)21/h2-10,15,23H,11H2,1H3,(H,22,28)(H,26,27)/t15-/m0/s1. The third kappa shape index (κ3) is 4.17. The minimum atomic E-state index is -1.08. The fourth-order valence-corrected chi connectivity index (χ4v) is 2.79. The van der Waals surface area contributed by atoms with Crippen LogP contribution < -0.4 is 10.9 Å². The number of para-hydroxylation sites is 1. The number of halogens is 1. The number of hydrogen-bond acceptors (Lipinski definition) is 3. The molecule has 144 valence electrons. The smallest absolute Gasteiger partial charge is 0.305 e. The molecule has 0 fully saturated rings. The van der Waals surface area contributed by atoms with E-state index >= 15 is 0 Å². The molecule has 2 aromatic carbocycles. The van der Waals surface area contributed by atoms with E-state index in [1.807, 2.05) is 19.1 Å². The van der Waals surface area contributed by atoms with Crippen molar-refractivity contribution in [3.05, 3.63) is 87.6 Å². The van der Waals surface area contributed by atoms with Crippen molar-refractivity contribution < 1.29 is 19.1 Å². The zero-order valence-corrected chi connectivity index (χ0v) is 15.0. The van der Waals surface area contributed by atoms with Gasteiger partial charge in [0.2, 0.25) is 0 Å². The number of hydrogen-bond donors (Lipinski definition) is 3. The van der Waals surface area contributed by atoms with Gasteiger partial charge in [0.25, 0.3) is 11.5 Å². The first kappa shape index (κ1) is 19.1. The van der Waals surface area contributed by atoms with Gasteiger partial charge < -0.3 is 10.4 Å². The molecule has 0 unspecified atom stereocenters. The van der Waals surface area contributed by atoms with Crippen molar-refractivity contribution in [1.82, 2.24) is 15.1 Å². The van der Waals surface area contributed by atoms with E-state index < -0.39 is 29.3 Å². The van der Waals surface area contributed by atoms with Gasteiger partial charge in [-0.05, 0) is 24.6 Å². The highest BCUT2D eigenvalue weighted by molar-refractivity contribution is 5.92. The van der Waals surface area contributed by atoms with Crippen LogP contribution in [0, 0.1) is 12.7 Å². The molecule has 1 aromatic heterocycles. The first-order valence-electron chi connectivity index (χ1n) is 8.51. The van der Waals surface area contributed by atoms with Gasteiger partial charge in [-0.2, -0.15) is 0 Å². The number of H-pyrrole nitrogens is 1. The van der Waals surface area contributed by atoms with Crippen LogP contribution in [0.1, 0.15) is 34.1 Å². The Labute approximate surface area is 159 Å². The number of aromatic amines is 1. The molecule has 3 aromatic rings. The minimum absolute atomic E-state index is 0.0211. The molecule has 0 aliphatic carbocycles. The second-order valence-electron chi connectivity index (χ2n) is 6.33. The van der Waals surface area contributed by atoms with Gasteiger partial charge >= 0.3 is 5.97 Å². The largest absolute Gasteiger partial charge is 0.481 e. The summed E-state index contributed by atoms with van der Waals surface area (Å²) in [5, 5.41) is 14.3. The molecule has 0 radical (unpaired) electrons. The molecule has 7 nitrogen and oxygen atoms in total. The summed E-state index contributed by atoms with van der Waals surface area (Å²) in [4.78, 5) is 35.9. The molecule has 1 amide bonds. The number of carboxylic acids is 1. The normalized spacial score (nSPS) is 11.8. The average molecular weight is 383 g/mol. The van der Waals surface area contributed by atoms with E-state index in [0.29, 0.717) is 5.56 Å². The molecule has 0 bridgehead atoms. The summed E-state index contributed by atoms with van der Waals surface area (Å²) in [7, 11) is 0. The molecular formula is C20H18FN3O4. The first-order chi connectivity index (χ1) is 13.3. The lowest BCUT2D eigenvalue weighted by atomic mass is 10.0. The van der Waals surface area contributed by atoms with E-state index in [2.05, 4.69) is 10.4 Å². The zero-order chi connectivity index (χ0) is 20.3. The predicted molar refractivity (Wildman–Crippen MR) is 100.0 cm³/mol. The van der Waals surface area contributed by atoms with Crippen molar-refractivity contribution in [1.29, 1.82) is 0 Å². The van der Waals surface area contributed by atoms with Crippen molar-refractivity contribution >= 4 is 11.9 Å². The van der Waals surface area contributed by atoms with E-state index in [9.17, 15) is 18.8 Å². The predicted octanol–water partition coefficient (Wildman–Crippen LogP) is 2.56. The van der Waals surface area contributed by atoms with Crippen molar-refractivity contribution in [2.24, 2.45) is 0 Å². The molecular weight excluding hydrogens is 365 g/mol. The Morgan fingerprint density at radius 3 is 2.50 bits per heavy atom. The Hall–Kier alpha value is -3.68. The van der Waals surface area contributed by atoms with Crippen LogP contribution in [-0.2, 0) is 4.79 Å². The lowest BCUT2D eigenvalue weighted by molar-refractivity contribution is -0.137. The van der Waals surface area contributed by atoms with E-state index in [1.54, 1.807) is 18.2 Å². The molecule has 8 heteroatoms. The summed E-state index contributed by atoms with van der Waals surface area (Å²) in [5.74, 6) is -2.37. The SMILES string of the molecule is Cc1ccc([C@H](CC(=O)O)NC(=O)c2cc(=O)n(-c3ccccc3F)[nH]2)cc1. The number of carbonyl (C=O) groups excluding carboxylic acids is 1. The number of benzene rings is 2. The molecule has 3 rings (SSSR count). The highest BCUT2D eigenvalue weighted by Gasteiger charge is 2.21. The summed E-state index contributed by atoms with van der Waals surface area (Å²) in [5.41, 5.74) is 0.885. The Morgan fingerprint density at radius 1 is 1.18 bits per heavy atom. The van der Waals surface area contributed by atoms with Crippen LogP contribution in [0.3, 0.4) is 0 Å². The first-order valence-corrected chi connectivity index (χ1v) is 8.51. The number of rotatable bonds is 6. The van der Waals surface area contributed by atoms with E-state index in [4.69, 9.17) is 5.11 Å². The maximum atomic E-state index is 13.9. The average Bonchev–Trinajstić information content (AvgIpc) is 3.03. The van der Waals surface area contributed by atoms with Crippen LogP contribution >= 0.6 is 0 Å². The maximum absolute atomic E-state index is 13.9. The fraction of sp³-hybridized carbons (Fsp3) is 0.150. The number of aryl methyl sites for hydroxylation is 1. The number of amides is 1. The summed E-state index contributed by atoms with van der Waals surface area (Å²) in [6.07, 6.45) is -0.326. The van der Waals surface area contributed by atoms with Crippen molar-refractivity contribution in [3.8, 4) is 5.69 Å². The molecule has 0 aliphatic rings. The molecule has 1 heterocycles. The molecule has 0 spiro atoms. The maximum Gasteiger partial charge on any atom is 0.305 e. The zero-order valence-electron chi connectivity index (χ0n) is 15.0. The quantitative estimate of drug-likeness (QED) is 0.608.